The second kappa shape index (κ2) is 6.92. The van der Waals surface area contributed by atoms with E-state index < -0.39 is 10.9 Å². The summed E-state index contributed by atoms with van der Waals surface area (Å²) in [4.78, 5) is 24.0. The van der Waals surface area contributed by atoms with Crippen molar-refractivity contribution < 1.29 is 10.2 Å². The molecule has 0 aliphatic heterocycles. The van der Waals surface area contributed by atoms with Crippen LogP contribution in [-0.4, -0.2) is 20.0 Å². The smallest absolute Gasteiger partial charge is 0.253 e. The Morgan fingerprint density at radius 1 is 0.964 bits per heavy atom. The van der Waals surface area contributed by atoms with Crippen LogP contribution in [0.2, 0.25) is 0 Å². The Bertz CT molecular complexity index is 1210. The van der Waals surface area contributed by atoms with Gasteiger partial charge in [0.15, 0.2) is 0 Å². The summed E-state index contributed by atoms with van der Waals surface area (Å²) in [6.07, 6.45) is 3.26. The molecule has 0 atom stereocenters. The minimum Gasteiger partial charge on any atom is -0.508 e. The summed E-state index contributed by atoms with van der Waals surface area (Å²) >= 11 is 0. The molecule has 8 nitrogen and oxygen atoms in total. The molecule has 0 spiro atoms. The van der Waals surface area contributed by atoms with E-state index >= 15 is 0 Å². The van der Waals surface area contributed by atoms with E-state index in [1.165, 1.54) is 10.7 Å². The van der Waals surface area contributed by atoms with Crippen LogP contribution in [0.5, 0.6) is 11.5 Å². The number of phenolic OH excluding ortho intramolecular Hbond substituents is 2. The molecule has 140 valence electrons. The van der Waals surface area contributed by atoms with Crippen molar-refractivity contribution >= 4 is 17.1 Å². The van der Waals surface area contributed by atoms with Gasteiger partial charge in [-0.05, 0) is 42.0 Å². The maximum atomic E-state index is 12.0. The standard InChI is InChI=1S/C20H16N4O4/c25-14-4-1-3-12(9-14)11-21-17-18(20(28)19(17)27)23-13-5-6-16(26)15(10-13)24-8-2-7-22-24/h1-10,21,23,25-26H,11H2. The lowest BCUT2D eigenvalue weighted by molar-refractivity contribution is 0.470. The van der Waals surface area contributed by atoms with Crippen LogP contribution in [0.4, 0.5) is 17.1 Å². The Hall–Kier alpha value is -4.07. The summed E-state index contributed by atoms with van der Waals surface area (Å²) in [5.74, 6) is 0.152. The Morgan fingerprint density at radius 3 is 2.54 bits per heavy atom. The number of nitrogens with zero attached hydrogens (tertiary/aromatic N) is 2. The van der Waals surface area contributed by atoms with Gasteiger partial charge in [0.1, 0.15) is 28.6 Å². The van der Waals surface area contributed by atoms with Gasteiger partial charge in [0.25, 0.3) is 10.9 Å². The molecular formula is C20H16N4O4. The molecule has 1 aromatic heterocycles. The molecule has 8 heteroatoms. The van der Waals surface area contributed by atoms with E-state index in [2.05, 4.69) is 15.7 Å². The number of hydrogen-bond donors (Lipinski definition) is 4. The monoisotopic (exact) mass is 376 g/mol. The van der Waals surface area contributed by atoms with Crippen molar-refractivity contribution in [2.45, 2.75) is 6.54 Å². The van der Waals surface area contributed by atoms with Crippen LogP contribution in [0.25, 0.3) is 5.69 Å². The molecule has 0 saturated carbocycles. The van der Waals surface area contributed by atoms with Gasteiger partial charge in [-0.1, -0.05) is 12.1 Å². The van der Waals surface area contributed by atoms with E-state index in [-0.39, 0.29) is 29.4 Å². The minimum absolute atomic E-state index is 0.0291. The van der Waals surface area contributed by atoms with Gasteiger partial charge < -0.3 is 20.8 Å². The predicted octanol–water partition coefficient (Wildman–Crippen LogP) is 2.24. The maximum Gasteiger partial charge on any atom is 0.253 e. The third kappa shape index (κ3) is 3.18. The molecule has 3 aromatic carbocycles. The van der Waals surface area contributed by atoms with Gasteiger partial charge in [0.05, 0.1) is 0 Å². The van der Waals surface area contributed by atoms with Gasteiger partial charge in [0, 0.05) is 24.6 Å². The first kappa shape index (κ1) is 17.3. The number of nitrogens with one attached hydrogen (secondary N) is 2. The zero-order valence-corrected chi connectivity index (χ0v) is 14.6. The molecule has 0 bridgehead atoms. The molecule has 4 N–H and O–H groups in total. The lowest BCUT2D eigenvalue weighted by Crippen LogP contribution is -2.36. The van der Waals surface area contributed by atoms with E-state index in [9.17, 15) is 19.8 Å². The molecule has 28 heavy (non-hydrogen) atoms. The molecule has 1 heterocycles. The molecule has 0 unspecified atom stereocenters. The van der Waals surface area contributed by atoms with Crippen LogP contribution in [0, 0.1) is 0 Å². The van der Waals surface area contributed by atoms with Gasteiger partial charge in [-0.2, -0.15) is 5.10 Å². The maximum absolute atomic E-state index is 12.0. The van der Waals surface area contributed by atoms with E-state index in [4.69, 9.17) is 0 Å². The normalized spacial score (nSPS) is 10.9. The fourth-order valence-corrected chi connectivity index (χ4v) is 2.88. The Morgan fingerprint density at radius 2 is 1.79 bits per heavy atom. The van der Waals surface area contributed by atoms with Crippen LogP contribution in [-0.2, 0) is 6.54 Å². The van der Waals surface area contributed by atoms with Crippen LogP contribution in [0.15, 0.2) is 70.5 Å². The van der Waals surface area contributed by atoms with E-state index in [0.29, 0.717) is 11.4 Å². The number of rotatable bonds is 6. The first-order valence-corrected chi connectivity index (χ1v) is 8.48. The van der Waals surface area contributed by atoms with Crippen molar-refractivity contribution in [2.75, 3.05) is 10.6 Å². The number of hydrogen-bond acceptors (Lipinski definition) is 7. The molecule has 0 aliphatic carbocycles. The molecule has 4 aromatic rings. The van der Waals surface area contributed by atoms with Gasteiger partial charge >= 0.3 is 0 Å². The third-order valence-electron chi connectivity index (χ3n) is 4.29. The largest absolute Gasteiger partial charge is 0.508 e. The average Bonchev–Trinajstić information content (AvgIpc) is 3.22. The van der Waals surface area contributed by atoms with Gasteiger partial charge in [0.2, 0.25) is 0 Å². The molecule has 0 amide bonds. The van der Waals surface area contributed by atoms with E-state index in [1.807, 2.05) is 0 Å². The number of anilines is 3. The molecular weight excluding hydrogens is 360 g/mol. The van der Waals surface area contributed by atoms with Crippen molar-refractivity contribution in [1.82, 2.24) is 9.78 Å². The number of phenols is 2. The quantitative estimate of drug-likeness (QED) is 0.301. The fourth-order valence-electron chi connectivity index (χ4n) is 2.88. The number of aromatic hydroxyl groups is 2. The van der Waals surface area contributed by atoms with E-state index in [1.54, 1.807) is 54.9 Å². The minimum atomic E-state index is -0.618. The molecule has 4 rings (SSSR count). The van der Waals surface area contributed by atoms with Crippen LogP contribution >= 0.6 is 0 Å². The highest BCUT2D eigenvalue weighted by molar-refractivity contribution is 5.79. The van der Waals surface area contributed by atoms with E-state index in [0.717, 1.165) is 5.56 Å². The van der Waals surface area contributed by atoms with Crippen LogP contribution in [0.3, 0.4) is 0 Å². The lowest BCUT2D eigenvalue weighted by atomic mass is 10.1. The van der Waals surface area contributed by atoms with Gasteiger partial charge in [-0.3, -0.25) is 9.59 Å². The highest BCUT2D eigenvalue weighted by atomic mass is 16.3. The van der Waals surface area contributed by atoms with Crippen molar-refractivity contribution in [3.05, 3.63) is 86.9 Å². The second-order valence-electron chi connectivity index (χ2n) is 6.21. The summed E-state index contributed by atoms with van der Waals surface area (Å²) in [6.45, 7) is 0.280. The Kier molecular flexibility index (Phi) is 4.29. The van der Waals surface area contributed by atoms with Gasteiger partial charge in [-0.25, -0.2) is 4.68 Å². The molecule has 0 aliphatic rings. The molecule has 0 saturated heterocycles. The summed E-state index contributed by atoms with van der Waals surface area (Å²) < 4.78 is 1.49. The second-order valence-corrected chi connectivity index (χ2v) is 6.21. The summed E-state index contributed by atoms with van der Waals surface area (Å²) in [5.41, 5.74) is 0.841. The summed E-state index contributed by atoms with van der Waals surface area (Å²) in [7, 11) is 0. The van der Waals surface area contributed by atoms with Crippen LogP contribution in [0.1, 0.15) is 5.56 Å². The fraction of sp³-hybridized carbons (Fsp3) is 0.0500. The lowest BCUT2D eigenvalue weighted by Gasteiger charge is -2.16. The average molecular weight is 376 g/mol. The van der Waals surface area contributed by atoms with Crippen LogP contribution < -0.4 is 21.5 Å². The molecule has 0 fully saturated rings. The number of benzene rings is 2. The summed E-state index contributed by atoms with van der Waals surface area (Å²) in [6, 6.07) is 13.0. The van der Waals surface area contributed by atoms with Gasteiger partial charge in [-0.15, -0.1) is 0 Å². The predicted molar refractivity (Wildman–Crippen MR) is 105 cm³/mol. The topological polar surface area (TPSA) is 116 Å². The van der Waals surface area contributed by atoms with Crippen molar-refractivity contribution in [3.8, 4) is 17.2 Å². The van der Waals surface area contributed by atoms with Crippen molar-refractivity contribution in [1.29, 1.82) is 0 Å². The first-order chi connectivity index (χ1) is 13.5. The zero-order chi connectivity index (χ0) is 19.7. The number of aromatic nitrogens is 2. The summed E-state index contributed by atoms with van der Waals surface area (Å²) in [5, 5.41) is 29.5. The van der Waals surface area contributed by atoms with Crippen molar-refractivity contribution in [3.63, 3.8) is 0 Å². The zero-order valence-electron chi connectivity index (χ0n) is 14.6. The Balaban J connectivity index is 1.56. The first-order valence-electron chi connectivity index (χ1n) is 8.48. The SMILES string of the molecule is O=c1c(NCc2cccc(O)c2)c(Nc2ccc(O)c(-n3cccn3)c2)c1=O. The highest BCUT2D eigenvalue weighted by Gasteiger charge is 2.21. The highest BCUT2D eigenvalue weighted by Crippen LogP contribution is 2.28. The van der Waals surface area contributed by atoms with Crippen molar-refractivity contribution in [2.24, 2.45) is 0 Å². The Labute approximate surface area is 159 Å². The third-order valence-corrected chi connectivity index (χ3v) is 4.29. The molecule has 0 radical (unpaired) electrons.